The van der Waals surface area contributed by atoms with E-state index in [4.69, 9.17) is 28.4 Å². The summed E-state index contributed by atoms with van der Waals surface area (Å²) in [6.45, 7) is 12.9. The zero-order chi connectivity index (χ0) is 33.7. The topological polar surface area (TPSA) is 158 Å². The molecule has 44 heavy (non-hydrogen) atoms. The van der Waals surface area contributed by atoms with Gasteiger partial charge in [0, 0.05) is 13.5 Å². The Bertz CT molecular complexity index is 770. The van der Waals surface area contributed by atoms with E-state index in [1.54, 1.807) is 7.11 Å². The van der Waals surface area contributed by atoms with Gasteiger partial charge in [-0.05, 0) is 45.4 Å². The summed E-state index contributed by atoms with van der Waals surface area (Å²) in [4.78, 5) is 67.5. The predicted molar refractivity (Wildman–Crippen MR) is 160 cm³/mol. The van der Waals surface area contributed by atoms with Crippen molar-refractivity contribution in [3.8, 4) is 0 Å². The van der Waals surface area contributed by atoms with E-state index in [9.17, 15) is 28.8 Å². The highest BCUT2D eigenvalue weighted by atomic mass is 16.6. The number of esters is 5. The first-order valence-electron chi connectivity index (χ1n) is 15.8. The lowest BCUT2D eigenvalue weighted by atomic mass is 10.1. The third kappa shape index (κ3) is 18.6. The quantitative estimate of drug-likeness (QED) is 0.211. The first-order chi connectivity index (χ1) is 20.8. The molecule has 0 aromatic rings. The second kappa shape index (κ2) is 23.4. The van der Waals surface area contributed by atoms with E-state index < -0.39 is 0 Å². The second-order valence-electron chi connectivity index (χ2n) is 10.8. The number of Topliss-reactive ketones (excluding diaryl/α,β-unsaturated/α-hetero) is 1. The van der Waals surface area contributed by atoms with Crippen molar-refractivity contribution in [1.82, 2.24) is 0 Å². The van der Waals surface area contributed by atoms with Gasteiger partial charge in [0.2, 0.25) is 0 Å². The van der Waals surface area contributed by atoms with Crippen LogP contribution in [0.4, 0.5) is 0 Å². The Labute approximate surface area is 262 Å². The maximum absolute atomic E-state index is 11.5. The molecule has 2 heterocycles. The molecular formula is C32H54O12. The minimum Gasteiger partial charge on any atom is -0.462 e. The Balaban J connectivity index is 0.000000632. The lowest BCUT2D eigenvalue weighted by Crippen LogP contribution is -2.31. The monoisotopic (exact) mass is 630 g/mol. The van der Waals surface area contributed by atoms with Crippen LogP contribution in [0.1, 0.15) is 126 Å². The highest BCUT2D eigenvalue weighted by Crippen LogP contribution is 2.17. The Kier molecular flexibility index (Phi) is 21.8. The van der Waals surface area contributed by atoms with Gasteiger partial charge in [-0.3, -0.25) is 28.8 Å². The molecule has 254 valence electrons. The molecule has 0 N–H and O–H groups in total. The van der Waals surface area contributed by atoms with E-state index in [-0.39, 0.29) is 104 Å². The number of ether oxygens (including phenoxy) is 6. The number of carbonyl (C=O) groups is 6. The van der Waals surface area contributed by atoms with Crippen LogP contribution in [0.2, 0.25) is 0 Å². The molecular weight excluding hydrogens is 576 g/mol. The lowest BCUT2D eigenvalue weighted by Gasteiger charge is -2.23. The summed E-state index contributed by atoms with van der Waals surface area (Å²) in [7, 11) is 1.58. The number of carbonyl (C=O) groups excluding carboxylic acids is 6. The molecule has 2 aliphatic heterocycles. The van der Waals surface area contributed by atoms with Gasteiger partial charge < -0.3 is 28.4 Å². The van der Waals surface area contributed by atoms with Gasteiger partial charge in [0.05, 0.1) is 38.2 Å². The third-order valence-electron chi connectivity index (χ3n) is 7.04. The number of rotatable bonds is 12. The van der Waals surface area contributed by atoms with E-state index in [0.29, 0.717) is 38.5 Å². The molecule has 0 spiro atoms. The Morgan fingerprint density at radius 3 is 1.16 bits per heavy atom. The van der Waals surface area contributed by atoms with Gasteiger partial charge in [-0.15, -0.1) is 0 Å². The first kappa shape index (κ1) is 41.0. The summed E-state index contributed by atoms with van der Waals surface area (Å²) in [5.74, 6) is -1.32. The van der Waals surface area contributed by atoms with Gasteiger partial charge in [-0.25, -0.2) is 0 Å². The van der Waals surface area contributed by atoms with Crippen molar-refractivity contribution in [2.45, 2.75) is 162 Å². The molecule has 0 aliphatic carbocycles. The summed E-state index contributed by atoms with van der Waals surface area (Å²) in [5.41, 5.74) is 0. The average molecular weight is 631 g/mol. The molecule has 0 unspecified atom stereocenters. The van der Waals surface area contributed by atoms with Crippen molar-refractivity contribution in [1.29, 1.82) is 0 Å². The van der Waals surface area contributed by atoms with Gasteiger partial charge in [0.25, 0.3) is 0 Å². The van der Waals surface area contributed by atoms with Crippen LogP contribution in [-0.2, 0) is 57.2 Å². The van der Waals surface area contributed by atoms with Crippen LogP contribution >= 0.6 is 0 Å². The van der Waals surface area contributed by atoms with Crippen molar-refractivity contribution in [2.24, 2.45) is 0 Å². The minimum absolute atomic E-state index is 0.0402. The molecule has 2 fully saturated rings. The van der Waals surface area contributed by atoms with Crippen LogP contribution in [-0.4, -0.2) is 79.4 Å². The highest BCUT2D eigenvalue weighted by Gasteiger charge is 2.27. The molecule has 0 amide bonds. The molecule has 0 aromatic carbocycles. The van der Waals surface area contributed by atoms with Crippen molar-refractivity contribution in [2.75, 3.05) is 7.11 Å². The zero-order valence-electron chi connectivity index (χ0n) is 27.8. The summed E-state index contributed by atoms with van der Waals surface area (Å²) in [6.07, 6.45) is 3.67. The zero-order valence-corrected chi connectivity index (χ0v) is 27.8. The van der Waals surface area contributed by atoms with Crippen molar-refractivity contribution < 1.29 is 57.2 Å². The molecule has 12 nitrogen and oxygen atoms in total. The molecule has 12 heteroatoms. The van der Waals surface area contributed by atoms with Crippen LogP contribution in [0.25, 0.3) is 0 Å². The van der Waals surface area contributed by atoms with Crippen LogP contribution in [0.15, 0.2) is 0 Å². The van der Waals surface area contributed by atoms with Gasteiger partial charge >= 0.3 is 29.8 Å². The minimum atomic E-state index is -0.312. The summed E-state index contributed by atoms with van der Waals surface area (Å²) in [5, 5.41) is 0. The molecule has 0 radical (unpaired) electrons. The Morgan fingerprint density at radius 2 is 0.932 bits per heavy atom. The molecule has 0 bridgehead atoms. The van der Waals surface area contributed by atoms with E-state index in [0.717, 1.165) is 6.42 Å². The number of hydrogen-bond donors (Lipinski definition) is 0. The van der Waals surface area contributed by atoms with Crippen LogP contribution in [0.5, 0.6) is 0 Å². The fraction of sp³-hybridized carbons (Fsp3) is 0.812. The molecule has 2 rings (SSSR count). The average Bonchev–Trinajstić information content (AvgIpc) is 2.96. The van der Waals surface area contributed by atoms with Crippen LogP contribution in [0.3, 0.4) is 0 Å². The van der Waals surface area contributed by atoms with E-state index >= 15 is 0 Å². The fourth-order valence-electron chi connectivity index (χ4n) is 4.16. The van der Waals surface area contributed by atoms with E-state index in [1.165, 1.54) is 6.92 Å². The van der Waals surface area contributed by atoms with E-state index in [2.05, 4.69) is 0 Å². The standard InChI is InChI=1S/C12H22O4.2C10H16O4/c1-5-10(15-4)8-12(14)16-11(6-2)7-9(3)13;2*1-3-7-5-9(11)14-8(4-2)6-10(12)13-7/h10-11H,5-8H2,1-4H3;2*7-8H,3-6H2,1-2H3/t10-,11-;2*7-,8-/m110/s1. The second-order valence-corrected chi connectivity index (χ2v) is 10.8. The smallest absolute Gasteiger partial charge is 0.309 e. The highest BCUT2D eigenvalue weighted by molar-refractivity contribution is 5.77. The number of methoxy groups -OCH3 is 1. The maximum atomic E-state index is 11.5. The normalized spacial score (nSPS) is 23.5. The predicted octanol–water partition coefficient (Wildman–Crippen LogP) is 4.95. The van der Waals surface area contributed by atoms with Gasteiger partial charge in [-0.2, -0.15) is 0 Å². The maximum Gasteiger partial charge on any atom is 0.309 e. The summed E-state index contributed by atoms with van der Waals surface area (Å²) in [6, 6.07) is 0. The summed E-state index contributed by atoms with van der Waals surface area (Å²) >= 11 is 0. The molecule has 0 aromatic heterocycles. The van der Waals surface area contributed by atoms with Crippen LogP contribution in [0, 0.1) is 0 Å². The Morgan fingerprint density at radius 1 is 0.614 bits per heavy atom. The van der Waals surface area contributed by atoms with Gasteiger partial charge in [0.1, 0.15) is 36.3 Å². The molecule has 2 aliphatic rings. The van der Waals surface area contributed by atoms with Gasteiger partial charge in [-0.1, -0.05) is 41.5 Å². The molecule has 2 saturated heterocycles. The third-order valence-corrected chi connectivity index (χ3v) is 7.04. The van der Waals surface area contributed by atoms with Gasteiger partial charge in [0.15, 0.2) is 0 Å². The lowest BCUT2D eigenvalue weighted by molar-refractivity contribution is -0.170. The van der Waals surface area contributed by atoms with Crippen molar-refractivity contribution in [3.05, 3.63) is 0 Å². The first-order valence-corrected chi connectivity index (χ1v) is 15.8. The van der Waals surface area contributed by atoms with E-state index in [1.807, 2.05) is 41.5 Å². The largest absolute Gasteiger partial charge is 0.462 e. The van der Waals surface area contributed by atoms with Crippen molar-refractivity contribution in [3.63, 3.8) is 0 Å². The number of ketones is 1. The number of cyclic esters (lactones) is 4. The van der Waals surface area contributed by atoms with Crippen molar-refractivity contribution >= 4 is 35.6 Å². The fourth-order valence-corrected chi connectivity index (χ4v) is 4.16. The number of hydrogen-bond acceptors (Lipinski definition) is 12. The molecule has 6 atom stereocenters. The Hall–Kier alpha value is -3.02. The summed E-state index contributed by atoms with van der Waals surface area (Å²) < 4.78 is 30.7. The van der Waals surface area contributed by atoms with Crippen LogP contribution < -0.4 is 0 Å². The molecule has 0 saturated carbocycles. The SMILES string of the molecule is CC[C@@H]1CC(=O)O[C@H](CC)CC(=O)O1.CC[C@H](CC(=O)O[C@H](CC)CC(C)=O)OC.CC[C@H]1CC(=O)O[C@@H](CC)CC(=O)O1.